The summed E-state index contributed by atoms with van der Waals surface area (Å²) in [7, 11) is -0.558. The average Bonchev–Trinajstić information content (AvgIpc) is 2.75. The number of carbonyl (C=O) groups excluding carboxylic acids is 1. The zero-order chi connectivity index (χ0) is 21.9. The Balaban J connectivity index is 1.89. The maximum absolute atomic E-state index is 13.0. The van der Waals surface area contributed by atoms with E-state index in [1.807, 2.05) is 25.1 Å². The normalized spacial score (nSPS) is 11.2. The molecule has 0 aliphatic heterocycles. The van der Waals surface area contributed by atoms with E-state index < -0.39 is 10.0 Å². The number of nitrogens with zero attached hydrogens (tertiary/aromatic N) is 2. The Morgan fingerprint density at radius 3 is 2.23 bits per heavy atom. The quantitative estimate of drug-likeness (QED) is 0.553. The first-order chi connectivity index (χ1) is 14.2. The first-order valence-corrected chi connectivity index (χ1v) is 11.2. The van der Waals surface area contributed by atoms with Gasteiger partial charge in [0.15, 0.2) is 0 Å². The van der Waals surface area contributed by atoms with Crippen LogP contribution in [0, 0.1) is 6.92 Å². The third kappa shape index (κ3) is 4.50. The van der Waals surface area contributed by atoms with Crippen molar-refractivity contribution in [2.75, 3.05) is 18.4 Å². The number of anilines is 1. The van der Waals surface area contributed by atoms with Crippen molar-refractivity contribution in [2.24, 2.45) is 0 Å². The van der Waals surface area contributed by atoms with E-state index in [1.54, 1.807) is 66.5 Å². The molecule has 0 aromatic heterocycles. The molecule has 7 heteroatoms. The lowest BCUT2D eigenvalue weighted by Gasteiger charge is -2.23. The molecular weight excluding hydrogens is 420 g/mol. The minimum atomic E-state index is -3.74. The van der Waals surface area contributed by atoms with Gasteiger partial charge in [0.25, 0.3) is 15.9 Å². The molecule has 0 saturated carbocycles. The Morgan fingerprint density at radius 2 is 1.57 bits per heavy atom. The Morgan fingerprint density at radius 1 is 0.933 bits per heavy atom. The summed E-state index contributed by atoms with van der Waals surface area (Å²) in [5, 5.41) is 0.593. The van der Waals surface area contributed by atoms with Gasteiger partial charge in [-0.2, -0.15) is 0 Å². The molecule has 0 atom stereocenters. The van der Waals surface area contributed by atoms with Gasteiger partial charge in [-0.15, -0.1) is 0 Å². The van der Waals surface area contributed by atoms with Gasteiger partial charge >= 0.3 is 0 Å². The number of benzene rings is 3. The molecule has 3 aromatic rings. The zero-order valence-corrected chi connectivity index (χ0v) is 18.6. The van der Waals surface area contributed by atoms with E-state index in [0.717, 1.165) is 11.1 Å². The molecule has 30 heavy (non-hydrogen) atoms. The molecule has 0 spiro atoms. The summed E-state index contributed by atoms with van der Waals surface area (Å²) in [6.45, 7) is 2.16. The van der Waals surface area contributed by atoms with E-state index in [1.165, 1.54) is 11.4 Å². The number of carbonyl (C=O) groups is 1. The summed E-state index contributed by atoms with van der Waals surface area (Å²) in [5.74, 6) is -0.221. The van der Waals surface area contributed by atoms with Crippen LogP contribution in [-0.4, -0.2) is 33.3 Å². The van der Waals surface area contributed by atoms with Crippen LogP contribution < -0.4 is 4.31 Å². The first kappa shape index (κ1) is 21.9. The van der Waals surface area contributed by atoms with Crippen LogP contribution in [0.3, 0.4) is 0 Å². The van der Waals surface area contributed by atoms with Gasteiger partial charge in [-0.1, -0.05) is 54.1 Å². The van der Waals surface area contributed by atoms with Crippen LogP contribution in [0.25, 0.3) is 0 Å². The standard InChI is InChI=1S/C23H23ClN2O3S/c1-17-13-14-18(23(27)25(2)16-19-9-7-8-12-21(19)24)15-22(17)26(3)30(28,29)20-10-5-4-6-11-20/h4-15H,16H2,1-3H3. The number of rotatable bonds is 6. The molecule has 0 heterocycles. The van der Waals surface area contributed by atoms with Crippen LogP contribution >= 0.6 is 11.6 Å². The number of halogens is 1. The summed E-state index contributed by atoms with van der Waals surface area (Å²) in [6, 6.07) is 20.6. The maximum Gasteiger partial charge on any atom is 0.264 e. The summed E-state index contributed by atoms with van der Waals surface area (Å²) in [5.41, 5.74) is 2.45. The van der Waals surface area contributed by atoms with Crippen LogP contribution in [0.5, 0.6) is 0 Å². The van der Waals surface area contributed by atoms with Crippen molar-refractivity contribution in [3.05, 3.63) is 94.5 Å². The molecule has 0 radical (unpaired) electrons. The topological polar surface area (TPSA) is 57.7 Å². The minimum Gasteiger partial charge on any atom is -0.337 e. The zero-order valence-electron chi connectivity index (χ0n) is 17.0. The molecule has 5 nitrogen and oxygen atoms in total. The first-order valence-electron chi connectivity index (χ1n) is 9.35. The number of amides is 1. The maximum atomic E-state index is 13.0. The lowest BCUT2D eigenvalue weighted by molar-refractivity contribution is 0.0785. The van der Waals surface area contributed by atoms with E-state index in [2.05, 4.69) is 0 Å². The molecular formula is C23H23ClN2O3S. The Labute approximate surface area is 182 Å². The average molecular weight is 443 g/mol. The van der Waals surface area contributed by atoms with E-state index in [-0.39, 0.29) is 10.8 Å². The van der Waals surface area contributed by atoms with Crippen molar-refractivity contribution < 1.29 is 13.2 Å². The van der Waals surface area contributed by atoms with Gasteiger partial charge in [-0.25, -0.2) is 8.42 Å². The Hall–Kier alpha value is -2.83. The molecule has 3 rings (SSSR count). The molecule has 1 amide bonds. The Bertz CT molecular complexity index is 1160. The molecule has 0 N–H and O–H groups in total. The third-order valence-electron chi connectivity index (χ3n) is 4.91. The predicted molar refractivity (Wildman–Crippen MR) is 120 cm³/mol. The highest BCUT2D eigenvalue weighted by Gasteiger charge is 2.24. The fraction of sp³-hybridized carbons (Fsp3) is 0.174. The second-order valence-corrected chi connectivity index (χ2v) is 9.42. The van der Waals surface area contributed by atoms with Crippen molar-refractivity contribution in [1.29, 1.82) is 0 Å². The highest BCUT2D eigenvalue weighted by Crippen LogP contribution is 2.27. The molecule has 156 valence electrons. The fourth-order valence-corrected chi connectivity index (χ4v) is 4.60. The second kappa shape index (κ2) is 8.90. The summed E-state index contributed by atoms with van der Waals surface area (Å²) in [4.78, 5) is 14.7. The van der Waals surface area contributed by atoms with Crippen LogP contribution in [0.1, 0.15) is 21.5 Å². The summed E-state index contributed by atoms with van der Waals surface area (Å²) in [6.07, 6.45) is 0. The van der Waals surface area contributed by atoms with Crippen LogP contribution in [0.15, 0.2) is 77.7 Å². The SMILES string of the molecule is Cc1ccc(C(=O)N(C)Cc2ccccc2Cl)cc1N(C)S(=O)(=O)c1ccccc1. The van der Waals surface area contributed by atoms with Crippen LogP contribution in [0.2, 0.25) is 5.02 Å². The lowest BCUT2D eigenvalue weighted by Crippen LogP contribution is -2.29. The fourth-order valence-electron chi connectivity index (χ4n) is 3.14. The molecule has 0 saturated heterocycles. The molecule has 0 fully saturated rings. The van der Waals surface area contributed by atoms with E-state index >= 15 is 0 Å². The number of sulfonamides is 1. The van der Waals surface area contributed by atoms with Gasteiger partial charge in [-0.05, 0) is 48.4 Å². The van der Waals surface area contributed by atoms with E-state index in [0.29, 0.717) is 22.8 Å². The van der Waals surface area contributed by atoms with Crippen LogP contribution in [-0.2, 0) is 16.6 Å². The summed E-state index contributed by atoms with van der Waals surface area (Å²) >= 11 is 6.20. The van der Waals surface area contributed by atoms with Crippen molar-refractivity contribution in [2.45, 2.75) is 18.4 Å². The van der Waals surface area contributed by atoms with Gasteiger partial charge < -0.3 is 4.90 Å². The molecule has 0 aliphatic rings. The molecule has 0 aliphatic carbocycles. The van der Waals surface area contributed by atoms with Crippen LogP contribution in [0.4, 0.5) is 5.69 Å². The smallest absolute Gasteiger partial charge is 0.264 e. The van der Waals surface area contributed by atoms with Crippen molar-refractivity contribution in [1.82, 2.24) is 4.90 Å². The van der Waals surface area contributed by atoms with Crippen molar-refractivity contribution in [3.63, 3.8) is 0 Å². The highest BCUT2D eigenvalue weighted by atomic mass is 35.5. The largest absolute Gasteiger partial charge is 0.337 e. The molecule has 0 bridgehead atoms. The predicted octanol–water partition coefficient (Wildman–Crippen LogP) is 4.75. The van der Waals surface area contributed by atoms with Crippen molar-refractivity contribution >= 4 is 33.2 Å². The molecule has 0 unspecified atom stereocenters. The molecule has 3 aromatic carbocycles. The van der Waals surface area contributed by atoms with Gasteiger partial charge in [0.1, 0.15) is 0 Å². The van der Waals surface area contributed by atoms with E-state index in [4.69, 9.17) is 11.6 Å². The van der Waals surface area contributed by atoms with Gasteiger partial charge in [-0.3, -0.25) is 9.10 Å². The Kier molecular flexibility index (Phi) is 6.48. The van der Waals surface area contributed by atoms with Crippen molar-refractivity contribution in [3.8, 4) is 0 Å². The summed E-state index contributed by atoms with van der Waals surface area (Å²) < 4.78 is 27.2. The number of hydrogen-bond acceptors (Lipinski definition) is 3. The van der Waals surface area contributed by atoms with Gasteiger partial charge in [0.2, 0.25) is 0 Å². The lowest BCUT2D eigenvalue weighted by atomic mass is 10.1. The third-order valence-corrected chi connectivity index (χ3v) is 7.06. The number of hydrogen-bond donors (Lipinski definition) is 0. The van der Waals surface area contributed by atoms with E-state index in [9.17, 15) is 13.2 Å². The highest BCUT2D eigenvalue weighted by molar-refractivity contribution is 7.92. The monoisotopic (exact) mass is 442 g/mol. The van der Waals surface area contributed by atoms with Gasteiger partial charge in [0.05, 0.1) is 10.6 Å². The second-order valence-electron chi connectivity index (χ2n) is 7.04. The minimum absolute atomic E-state index is 0.194. The number of aryl methyl sites for hydroxylation is 1. The van der Waals surface area contributed by atoms with Gasteiger partial charge in [0, 0.05) is 31.2 Å².